The van der Waals surface area contributed by atoms with Crippen LogP contribution in [-0.2, 0) is 9.53 Å². The number of likely N-dealkylation sites (N-methyl/N-ethyl adjacent to an activating group) is 1. The molecule has 2 aliphatic carbocycles. The number of amides is 1. The van der Waals surface area contributed by atoms with Gasteiger partial charge in [0.05, 0.1) is 12.1 Å². The largest absolute Gasteiger partial charge is 0.380 e. The van der Waals surface area contributed by atoms with Crippen LogP contribution in [0.2, 0.25) is 0 Å². The average molecular weight is 266 g/mol. The molecule has 5 atom stereocenters. The van der Waals surface area contributed by atoms with Crippen LogP contribution in [0, 0.1) is 17.8 Å². The van der Waals surface area contributed by atoms with Crippen molar-refractivity contribution in [3.8, 4) is 0 Å². The fourth-order valence-electron chi connectivity index (χ4n) is 4.38. The van der Waals surface area contributed by atoms with Crippen molar-refractivity contribution >= 4 is 5.91 Å². The summed E-state index contributed by atoms with van der Waals surface area (Å²) >= 11 is 0. The lowest BCUT2D eigenvalue weighted by Gasteiger charge is -2.28. The summed E-state index contributed by atoms with van der Waals surface area (Å²) in [5, 5.41) is 3.28. The zero-order valence-corrected chi connectivity index (χ0v) is 12.1. The van der Waals surface area contributed by atoms with E-state index in [0.717, 1.165) is 37.3 Å². The van der Waals surface area contributed by atoms with Crippen molar-refractivity contribution in [1.29, 1.82) is 0 Å². The van der Waals surface area contributed by atoms with Gasteiger partial charge in [-0.25, -0.2) is 0 Å². The Morgan fingerprint density at radius 3 is 2.74 bits per heavy atom. The Morgan fingerprint density at radius 1 is 1.32 bits per heavy atom. The lowest BCUT2D eigenvalue weighted by molar-refractivity contribution is -0.132. The fraction of sp³-hybridized carbons (Fsp3) is 0.933. The number of rotatable bonds is 4. The van der Waals surface area contributed by atoms with Crippen LogP contribution in [0.15, 0.2) is 0 Å². The van der Waals surface area contributed by atoms with Gasteiger partial charge in [-0.3, -0.25) is 4.79 Å². The highest BCUT2D eigenvalue weighted by atomic mass is 16.5. The van der Waals surface area contributed by atoms with E-state index >= 15 is 0 Å². The molecule has 1 aliphatic heterocycles. The lowest BCUT2D eigenvalue weighted by Crippen LogP contribution is -2.44. The van der Waals surface area contributed by atoms with Crippen molar-refractivity contribution < 1.29 is 9.53 Å². The van der Waals surface area contributed by atoms with Crippen LogP contribution < -0.4 is 5.32 Å². The third kappa shape index (κ3) is 2.65. The number of nitrogens with zero attached hydrogens (tertiary/aromatic N) is 1. The first-order valence-electron chi connectivity index (χ1n) is 7.68. The van der Waals surface area contributed by atoms with E-state index in [0.29, 0.717) is 0 Å². The minimum atomic E-state index is -0.0338. The topological polar surface area (TPSA) is 41.6 Å². The zero-order valence-electron chi connectivity index (χ0n) is 12.1. The van der Waals surface area contributed by atoms with Gasteiger partial charge in [-0.05, 0) is 43.4 Å². The van der Waals surface area contributed by atoms with E-state index in [1.54, 1.807) is 7.11 Å². The van der Waals surface area contributed by atoms with E-state index < -0.39 is 0 Å². The number of hydrogen-bond donors (Lipinski definition) is 1. The molecule has 3 aliphatic rings. The van der Waals surface area contributed by atoms with Gasteiger partial charge >= 0.3 is 0 Å². The van der Waals surface area contributed by atoms with Crippen molar-refractivity contribution in [2.24, 2.45) is 17.8 Å². The molecule has 1 heterocycles. The van der Waals surface area contributed by atoms with Gasteiger partial charge in [0.25, 0.3) is 0 Å². The molecule has 1 amide bonds. The Morgan fingerprint density at radius 2 is 2.16 bits per heavy atom. The van der Waals surface area contributed by atoms with Gasteiger partial charge in [-0.1, -0.05) is 6.42 Å². The Bertz CT molecular complexity index is 347. The number of hydrogen-bond acceptors (Lipinski definition) is 3. The highest BCUT2D eigenvalue weighted by Gasteiger charge is 2.41. The van der Waals surface area contributed by atoms with E-state index in [2.05, 4.69) is 5.32 Å². The van der Waals surface area contributed by atoms with Crippen LogP contribution in [0.25, 0.3) is 0 Å². The van der Waals surface area contributed by atoms with Crippen LogP contribution in [-0.4, -0.2) is 50.2 Å². The normalized spacial score (nSPS) is 40.8. The van der Waals surface area contributed by atoms with E-state index in [9.17, 15) is 4.79 Å². The maximum absolute atomic E-state index is 12.4. The number of fused-ring (bicyclic) bond motifs is 2. The standard InChI is InChI=1S/C15H26N2O2/c1-17(9-12-6-10-3-4-11(12)5-10)15(18)14-7-13(19-2)8-16-14/h10-14,16H,3-9H2,1-2H3. The zero-order chi connectivity index (χ0) is 13.4. The smallest absolute Gasteiger partial charge is 0.239 e. The highest BCUT2D eigenvalue weighted by Crippen LogP contribution is 2.48. The molecule has 4 heteroatoms. The molecule has 0 aromatic rings. The summed E-state index contributed by atoms with van der Waals surface area (Å²) in [7, 11) is 3.69. The van der Waals surface area contributed by atoms with Gasteiger partial charge in [0.15, 0.2) is 0 Å². The molecular weight excluding hydrogens is 240 g/mol. The van der Waals surface area contributed by atoms with Gasteiger partial charge in [0.2, 0.25) is 5.91 Å². The monoisotopic (exact) mass is 266 g/mol. The average Bonchev–Trinajstić information content (AvgIpc) is 3.13. The molecule has 108 valence electrons. The van der Waals surface area contributed by atoms with Crippen molar-refractivity contribution in [2.75, 3.05) is 27.2 Å². The Balaban J connectivity index is 1.50. The second kappa shape index (κ2) is 5.41. The molecule has 0 aromatic heterocycles. The van der Waals surface area contributed by atoms with Gasteiger partial charge in [-0.15, -0.1) is 0 Å². The molecule has 1 N–H and O–H groups in total. The van der Waals surface area contributed by atoms with Gasteiger partial charge in [0, 0.05) is 27.2 Å². The molecule has 3 fully saturated rings. The first kappa shape index (κ1) is 13.4. The summed E-state index contributed by atoms with van der Waals surface area (Å²) < 4.78 is 5.31. The molecule has 1 saturated heterocycles. The van der Waals surface area contributed by atoms with Crippen molar-refractivity contribution in [3.63, 3.8) is 0 Å². The van der Waals surface area contributed by atoms with Crippen molar-refractivity contribution in [1.82, 2.24) is 10.2 Å². The summed E-state index contributed by atoms with van der Waals surface area (Å²) in [4.78, 5) is 14.4. The van der Waals surface area contributed by atoms with E-state index in [1.807, 2.05) is 11.9 Å². The Kier molecular flexibility index (Phi) is 3.81. The molecule has 2 bridgehead atoms. The summed E-state index contributed by atoms with van der Waals surface area (Å²) in [5.41, 5.74) is 0. The Hall–Kier alpha value is -0.610. The second-order valence-electron chi connectivity index (χ2n) is 6.71. The first-order chi connectivity index (χ1) is 9.17. The lowest BCUT2D eigenvalue weighted by atomic mass is 9.88. The number of methoxy groups -OCH3 is 1. The van der Waals surface area contributed by atoms with Gasteiger partial charge < -0.3 is 15.0 Å². The van der Waals surface area contributed by atoms with E-state index in [1.165, 1.54) is 25.7 Å². The molecule has 0 radical (unpaired) electrons. The van der Waals surface area contributed by atoms with E-state index in [4.69, 9.17) is 4.74 Å². The molecule has 3 rings (SSSR count). The number of carbonyl (C=O) groups excluding carboxylic acids is 1. The van der Waals surface area contributed by atoms with Crippen LogP contribution in [0.5, 0.6) is 0 Å². The van der Waals surface area contributed by atoms with Crippen molar-refractivity contribution in [3.05, 3.63) is 0 Å². The van der Waals surface area contributed by atoms with Crippen LogP contribution in [0.3, 0.4) is 0 Å². The third-order valence-corrected chi connectivity index (χ3v) is 5.49. The number of nitrogens with one attached hydrogen (secondary N) is 1. The molecule has 0 aromatic carbocycles. The van der Waals surface area contributed by atoms with Crippen molar-refractivity contribution in [2.45, 2.75) is 44.2 Å². The maximum Gasteiger partial charge on any atom is 0.239 e. The molecule has 0 spiro atoms. The van der Waals surface area contributed by atoms with Gasteiger partial charge in [0.1, 0.15) is 0 Å². The SMILES string of the molecule is COC1CNC(C(=O)N(C)CC2CC3CCC2C3)C1. The van der Waals surface area contributed by atoms with Crippen LogP contribution in [0.4, 0.5) is 0 Å². The molecule has 4 nitrogen and oxygen atoms in total. The highest BCUT2D eigenvalue weighted by molar-refractivity contribution is 5.82. The minimum absolute atomic E-state index is 0.0338. The Labute approximate surface area is 115 Å². The molecule has 5 unspecified atom stereocenters. The summed E-state index contributed by atoms with van der Waals surface area (Å²) in [5.74, 6) is 2.86. The predicted octanol–water partition coefficient (Wildman–Crippen LogP) is 1.26. The minimum Gasteiger partial charge on any atom is -0.380 e. The van der Waals surface area contributed by atoms with Gasteiger partial charge in [-0.2, -0.15) is 0 Å². The van der Waals surface area contributed by atoms with Crippen LogP contribution in [0.1, 0.15) is 32.1 Å². The summed E-state index contributed by atoms with van der Waals surface area (Å²) in [6, 6.07) is -0.0338. The second-order valence-corrected chi connectivity index (χ2v) is 6.71. The molecule has 19 heavy (non-hydrogen) atoms. The molecule has 2 saturated carbocycles. The molecular formula is C15H26N2O2. The van der Waals surface area contributed by atoms with Crippen LogP contribution >= 0.6 is 0 Å². The summed E-state index contributed by atoms with van der Waals surface area (Å²) in [6.45, 7) is 1.75. The first-order valence-corrected chi connectivity index (χ1v) is 7.68. The maximum atomic E-state index is 12.4. The summed E-state index contributed by atoms with van der Waals surface area (Å²) in [6.07, 6.45) is 6.60. The number of ether oxygens (including phenoxy) is 1. The number of carbonyl (C=O) groups is 1. The predicted molar refractivity (Wildman–Crippen MR) is 73.8 cm³/mol. The quantitative estimate of drug-likeness (QED) is 0.833. The third-order valence-electron chi connectivity index (χ3n) is 5.49. The van der Waals surface area contributed by atoms with E-state index in [-0.39, 0.29) is 18.1 Å². The fourth-order valence-corrected chi connectivity index (χ4v) is 4.38.